The van der Waals surface area contributed by atoms with E-state index in [1.165, 1.54) is 32.1 Å². The predicted octanol–water partition coefficient (Wildman–Crippen LogP) is 2.84. The Kier molecular flexibility index (Phi) is 3.41. The molecule has 1 saturated heterocycles. The SMILES string of the molecule is Nc1cc(Br)nc(N2CCC3CCCCC3C2)n1. The molecule has 2 aliphatic rings. The van der Waals surface area contributed by atoms with Gasteiger partial charge in [0.05, 0.1) is 0 Å². The smallest absolute Gasteiger partial charge is 0.228 e. The van der Waals surface area contributed by atoms with E-state index in [1.807, 2.05) is 0 Å². The number of anilines is 2. The molecule has 2 atom stereocenters. The van der Waals surface area contributed by atoms with Crippen molar-refractivity contribution in [2.75, 3.05) is 23.7 Å². The molecule has 4 nitrogen and oxygen atoms in total. The van der Waals surface area contributed by atoms with Crippen molar-refractivity contribution in [1.82, 2.24) is 9.97 Å². The van der Waals surface area contributed by atoms with Gasteiger partial charge in [0.15, 0.2) is 0 Å². The van der Waals surface area contributed by atoms with Crippen molar-refractivity contribution in [2.24, 2.45) is 11.8 Å². The number of piperidine rings is 1. The third-order valence-corrected chi connectivity index (χ3v) is 4.68. The summed E-state index contributed by atoms with van der Waals surface area (Å²) in [6.07, 6.45) is 6.86. The van der Waals surface area contributed by atoms with Crippen molar-refractivity contribution in [3.05, 3.63) is 10.7 Å². The topological polar surface area (TPSA) is 55.0 Å². The number of nitrogens with zero attached hydrogens (tertiary/aromatic N) is 3. The van der Waals surface area contributed by atoms with E-state index in [4.69, 9.17) is 5.73 Å². The molecule has 0 radical (unpaired) electrons. The van der Waals surface area contributed by atoms with Crippen molar-refractivity contribution < 1.29 is 0 Å². The van der Waals surface area contributed by atoms with Gasteiger partial charge in [-0.05, 0) is 40.6 Å². The average Bonchev–Trinajstić information content (AvgIpc) is 2.37. The van der Waals surface area contributed by atoms with E-state index in [0.29, 0.717) is 5.82 Å². The highest BCUT2D eigenvalue weighted by molar-refractivity contribution is 9.10. The van der Waals surface area contributed by atoms with E-state index >= 15 is 0 Å². The van der Waals surface area contributed by atoms with Crippen LogP contribution in [-0.2, 0) is 0 Å². The molecular formula is C13H19BrN4. The fourth-order valence-corrected chi connectivity index (χ4v) is 3.74. The van der Waals surface area contributed by atoms with Crippen molar-refractivity contribution >= 4 is 27.7 Å². The summed E-state index contributed by atoms with van der Waals surface area (Å²) in [6, 6.07) is 1.75. The van der Waals surface area contributed by atoms with Gasteiger partial charge < -0.3 is 10.6 Å². The Morgan fingerprint density at radius 3 is 2.72 bits per heavy atom. The molecule has 0 aromatic carbocycles. The van der Waals surface area contributed by atoms with Gasteiger partial charge in [-0.25, -0.2) is 4.98 Å². The Morgan fingerprint density at radius 2 is 1.94 bits per heavy atom. The molecule has 98 valence electrons. The standard InChI is InChI=1S/C13H19BrN4/c14-11-7-12(15)17-13(16-11)18-6-5-9-3-1-2-4-10(9)8-18/h7,9-10H,1-6,8H2,(H2,15,16,17). The van der Waals surface area contributed by atoms with Crippen molar-refractivity contribution in [3.63, 3.8) is 0 Å². The second-order valence-electron chi connectivity index (χ2n) is 5.45. The van der Waals surface area contributed by atoms with Crippen LogP contribution in [0.25, 0.3) is 0 Å². The maximum absolute atomic E-state index is 5.79. The molecule has 1 aromatic rings. The summed E-state index contributed by atoms with van der Waals surface area (Å²) in [5.41, 5.74) is 5.79. The van der Waals surface area contributed by atoms with Crippen LogP contribution >= 0.6 is 15.9 Å². The zero-order chi connectivity index (χ0) is 12.5. The first-order valence-corrected chi connectivity index (χ1v) is 7.56. The normalized spacial score (nSPS) is 27.9. The van der Waals surface area contributed by atoms with Gasteiger partial charge in [0, 0.05) is 19.2 Å². The number of aromatic nitrogens is 2. The minimum atomic E-state index is 0.539. The molecule has 2 N–H and O–H groups in total. The van der Waals surface area contributed by atoms with Gasteiger partial charge in [0.1, 0.15) is 10.4 Å². The maximum Gasteiger partial charge on any atom is 0.228 e. The molecule has 5 heteroatoms. The van der Waals surface area contributed by atoms with Crippen LogP contribution < -0.4 is 10.6 Å². The second kappa shape index (κ2) is 5.03. The highest BCUT2D eigenvalue weighted by atomic mass is 79.9. The Labute approximate surface area is 116 Å². The predicted molar refractivity (Wildman–Crippen MR) is 76.4 cm³/mol. The van der Waals surface area contributed by atoms with E-state index in [0.717, 1.165) is 35.5 Å². The zero-order valence-corrected chi connectivity index (χ0v) is 12.1. The van der Waals surface area contributed by atoms with Crippen LogP contribution in [0.5, 0.6) is 0 Å². The fourth-order valence-electron chi connectivity index (χ4n) is 3.35. The van der Waals surface area contributed by atoms with Gasteiger partial charge in [0.2, 0.25) is 5.95 Å². The zero-order valence-electron chi connectivity index (χ0n) is 10.5. The first-order valence-electron chi connectivity index (χ1n) is 6.77. The number of nitrogens with two attached hydrogens (primary N) is 1. The van der Waals surface area contributed by atoms with E-state index < -0.39 is 0 Å². The van der Waals surface area contributed by atoms with Gasteiger partial charge in [0.25, 0.3) is 0 Å². The third-order valence-electron chi connectivity index (χ3n) is 4.28. The summed E-state index contributed by atoms with van der Waals surface area (Å²) < 4.78 is 0.774. The molecule has 0 bridgehead atoms. The summed E-state index contributed by atoms with van der Waals surface area (Å²) in [5.74, 6) is 3.08. The number of nitrogen functional groups attached to an aromatic ring is 1. The van der Waals surface area contributed by atoms with Gasteiger partial charge in [-0.3, -0.25) is 0 Å². The number of rotatable bonds is 1. The molecule has 2 heterocycles. The van der Waals surface area contributed by atoms with Crippen LogP contribution in [0, 0.1) is 11.8 Å². The average molecular weight is 311 g/mol. The van der Waals surface area contributed by atoms with Crippen LogP contribution in [0.3, 0.4) is 0 Å². The van der Waals surface area contributed by atoms with Crippen molar-refractivity contribution in [3.8, 4) is 0 Å². The number of hydrogen-bond acceptors (Lipinski definition) is 4. The Bertz CT molecular complexity index is 417. The summed E-state index contributed by atoms with van der Waals surface area (Å²) in [4.78, 5) is 11.1. The molecule has 0 spiro atoms. The quantitative estimate of drug-likeness (QED) is 0.810. The first kappa shape index (κ1) is 12.2. The summed E-state index contributed by atoms with van der Waals surface area (Å²) in [5, 5.41) is 0. The maximum atomic E-state index is 5.79. The number of fused-ring (bicyclic) bond motifs is 1. The third kappa shape index (κ3) is 2.46. The lowest BCUT2D eigenvalue weighted by atomic mass is 9.75. The molecule has 3 rings (SSSR count). The first-order chi connectivity index (χ1) is 8.72. The highest BCUT2D eigenvalue weighted by Crippen LogP contribution is 2.37. The van der Waals surface area contributed by atoms with Gasteiger partial charge >= 0.3 is 0 Å². The minimum Gasteiger partial charge on any atom is -0.383 e. The highest BCUT2D eigenvalue weighted by Gasteiger charge is 2.32. The molecule has 1 saturated carbocycles. The fraction of sp³-hybridized carbons (Fsp3) is 0.692. The van der Waals surface area contributed by atoms with E-state index in [9.17, 15) is 0 Å². The number of hydrogen-bond donors (Lipinski definition) is 1. The van der Waals surface area contributed by atoms with Crippen molar-refractivity contribution in [1.29, 1.82) is 0 Å². The van der Waals surface area contributed by atoms with E-state index in [-0.39, 0.29) is 0 Å². The molecular weight excluding hydrogens is 292 g/mol. The molecule has 2 unspecified atom stereocenters. The van der Waals surface area contributed by atoms with Gasteiger partial charge in [-0.1, -0.05) is 19.3 Å². The summed E-state index contributed by atoms with van der Waals surface area (Å²) >= 11 is 3.39. The van der Waals surface area contributed by atoms with Crippen LogP contribution in [-0.4, -0.2) is 23.1 Å². The van der Waals surface area contributed by atoms with Crippen LogP contribution in [0.1, 0.15) is 32.1 Å². The Morgan fingerprint density at radius 1 is 1.17 bits per heavy atom. The molecule has 2 fully saturated rings. The van der Waals surface area contributed by atoms with Crippen LogP contribution in [0.15, 0.2) is 10.7 Å². The number of halogens is 1. The Hall–Kier alpha value is -0.840. The lowest BCUT2D eigenvalue weighted by Gasteiger charge is -2.41. The molecule has 1 aliphatic heterocycles. The largest absolute Gasteiger partial charge is 0.383 e. The lowest BCUT2D eigenvalue weighted by molar-refractivity contribution is 0.201. The molecule has 0 amide bonds. The van der Waals surface area contributed by atoms with E-state index in [1.54, 1.807) is 6.07 Å². The van der Waals surface area contributed by atoms with Crippen molar-refractivity contribution in [2.45, 2.75) is 32.1 Å². The molecule has 1 aliphatic carbocycles. The van der Waals surface area contributed by atoms with Gasteiger partial charge in [-0.15, -0.1) is 0 Å². The van der Waals surface area contributed by atoms with Crippen LogP contribution in [0.4, 0.5) is 11.8 Å². The molecule has 1 aromatic heterocycles. The summed E-state index contributed by atoms with van der Waals surface area (Å²) in [7, 11) is 0. The molecule has 18 heavy (non-hydrogen) atoms. The lowest BCUT2D eigenvalue weighted by Crippen LogP contribution is -2.42. The van der Waals surface area contributed by atoms with E-state index in [2.05, 4.69) is 30.8 Å². The summed E-state index contributed by atoms with van der Waals surface area (Å²) in [6.45, 7) is 2.16. The van der Waals surface area contributed by atoms with Gasteiger partial charge in [-0.2, -0.15) is 4.98 Å². The second-order valence-corrected chi connectivity index (χ2v) is 6.27. The monoisotopic (exact) mass is 310 g/mol. The Balaban J connectivity index is 1.76. The minimum absolute atomic E-state index is 0.539. The van der Waals surface area contributed by atoms with Crippen LogP contribution in [0.2, 0.25) is 0 Å².